The number of nitrogens with zero attached hydrogens (tertiary/aromatic N) is 3. The fourth-order valence-corrected chi connectivity index (χ4v) is 3.39. The van der Waals surface area contributed by atoms with Gasteiger partial charge in [-0.1, -0.05) is 18.2 Å². The molecule has 0 bridgehead atoms. The van der Waals surface area contributed by atoms with E-state index in [1.165, 1.54) is 0 Å². The van der Waals surface area contributed by atoms with Gasteiger partial charge in [0.1, 0.15) is 0 Å². The number of methoxy groups -OCH3 is 1. The Morgan fingerprint density at radius 2 is 1.81 bits per heavy atom. The zero-order valence-electron chi connectivity index (χ0n) is 18.1. The summed E-state index contributed by atoms with van der Waals surface area (Å²) in [4.78, 5) is 25.0. The molecule has 0 radical (unpaired) electrons. The standard InChI is InChI=1S/C25H25N5O2/c1-17(28-24(31)11-14-32-2)18-3-6-22(7-4-18)29-25-27-16-21-15-20(5-8-23(21)30-25)19-9-12-26-13-10-19/h3-10,12-13,15-17H,11,14H2,1-2H3,(H,28,31)(H,27,29,30)/t17-/m0/s1. The highest BCUT2D eigenvalue weighted by molar-refractivity contribution is 5.84. The molecule has 0 aliphatic rings. The van der Waals surface area contributed by atoms with Crippen molar-refractivity contribution in [1.29, 1.82) is 0 Å². The van der Waals surface area contributed by atoms with Crippen molar-refractivity contribution in [3.63, 3.8) is 0 Å². The Labute approximate surface area is 186 Å². The summed E-state index contributed by atoms with van der Waals surface area (Å²) in [6.45, 7) is 2.37. The zero-order chi connectivity index (χ0) is 22.3. The molecule has 4 aromatic rings. The van der Waals surface area contributed by atoms with Crippen LogP contribution in [0.15, 0.2) is 73.2 Å². The third-order valence-electron chi connectivity index (χ3n) is 5.17. The second-order valence-electron chi connectivity index (χ2n) is 7.48. The van der Waals surface area contributed by atoms with Gasteiger partial charge in [0.25, 0.3) is 0 Å². The number of anilines is 2. The van der Waals surface area contributed by atoms with Gasteiger partial charge in [-0.15, -0.1) is 0 Å². The van der Waals surface area contributed by atoms with Gasteiger partial charge in [0.2, 0.25) is 11.9 Å². The number of nitrogens with one attached hydrogen (secondary N) is 2. The van der Waals surface area contributed by atoms with Crippen molar-refractivity contribution in [2.45, 2.75) is 19.4 Å². The molecule has 0 aliphatic carbocycles. The van der Waals surface area contributed by atoms with Crippen LogP contribution in [0.4, 0.5) is 11.6 Å². The fourth-order valence-electron chi connectivity index (χ4n) is 3.39. The van der Waals surface area contributed by atoms with Gasteiger partial charge in [-0.05, 0) is 60.0 Å². The van der Waals surface area contributed by atoms with Crippen molar-refractivity contribution < 1.29 is 9.53 Å². The minimum absolute atomic E-state index is 0.0294. The molecular formula is C25H25N5O2. The van der Waals surface area contributed by atoms with Crippen LogP contribution in [0, 0.1) is 0 Å². The Morgan fingerprint density at radius 1 is 1.03 bits per heavy atom. The van der Waals surface area contributed by atoms with Crippen molar-refractivity contribution in [1.82, 2.24) is 20.3 Å². The number of carbonyl (C=O) groups excluding carboxylic acids is 1. The molecule has 7 heteroatoms. The van der Waals surface area contributed by atoms with E-state index in [4.69, 9.17) is 4.74 Å². The smallest absolute Gasteiger partial charge is 0.227 e. The quantitative estimate of drug-likeness (QED) is 0.426. The minimum Gasteiger partial charge on any atom is -0.384 e. The highest BCUT2D eigenvalue weighted by Gasteiger charge is 2.10. The second kappa shape index (κ2) is 9.98. The van der Waals surface area contributed by atoms with Crippen LogP contribution >= 0.6 is 0 Å². The molecule has 2 aromatic carbocycles. The molecule has 1 amide bonds. The molecule has 2 N–H and O–H groups in total. The van der Waals surface area contributed by atoms with Crippen LogP contribution in [-0.2, 0) is 9.53 Å². The van der Waals surface area contributed by atoms with Gasteiger partial charge in [-0.3, -0.25) is 9.78 Å². The van der Waals surface area contributed by atoms with E-state index in [9.17, 15) is 4.79 Å². The number of pyridine rings is 1. The van der Waals surface area contributed by atoms with Crippen LogP contribution in [0.25, 0.3) is 22.0 Å². The molecule has 2 aromatic heterocycles. The maximum absolute atomic E-state index is 11.9. The molecule has 0 saturated heterocycles. The van der Waals surface area contributed by atoms with Crippen molar-refractivity contribution in [2.24, 2.45) is 0 Å². The summed E-state index contributed by atoms with van der Waals surface area (Å²) in [5, 5.41) is 7.18. The van der Waals surface area contributed by atoms with Gasteiger partial charge < -0.3 is 15.4 Å². The second-order valence-corrected chi connectivity index (χ2v) is 7.48. The van der Waals surface area contributed by atoms with E-state index < -0.39 is 0 Å². The summed E-state index contributed by atoms with van der Waals surface area (Å²) in [5.74, 6) is 0.501. The lowest BCUT2D eigenvalue weighted by molar-refractivity contribution is -0.122. The van der Waals surface area contributed by atoms with Gasteiger partial charge in [-0.25, -0.2) is 9.97 Å². The van der Waals surface area contributed by atoms with Crippen molar-refractivity contribution in [3.05, 3.63) is 78.8 Å². The van der Waals surface area contributed by atoms with Gasteiger partial charge in [0, 0.05) is 43.2 Å². The molecule has 0 spiro atoms. The number of amides is 1. The van der Waals surface area contributed by atoms with E-state index in [1.807, 2.05) is 61.7 Å². The molecule has 0 unspecified atom stereocenters. The van der Waals surface area contributed by atoms with Crippen LogP contribution in [-0.4, -0.2) is 34.6 Å². The first kappa shape index (κ1) is 21.4. The number of hydrogen-bond acceptors (Lipinski definition) is 6. The topological polar surface area (TPSA) is 89.0 Å². The van der Waals surface area contributed by atoms with Crippen LogP contribution in [0.5, 0.6) is 0 Å². The average molecular weight is 428 g/mol. The Kier molecular flexibility index (Phi) is 6.67. The highest BCUT2D eigenvalue weighted by Crippen LogP contribution is 2.24. The number of benzene rings is 2. The maximum Gasteiger partial charge on any atom is 0.227 e. The zero-order valence-corrected chi connectivity index (χ0v) is 18.1. The lowest BCUT2D eigenvalue weighted by Gasteiger charge is -2.15. The molecule has 4 rings (SSSR count). The molecule has 1 atom stereocenters. The van der Waals surface area contributed by atoms with Crippen molar-refractivity contribution >= 4 is 28.4 Å². The van der Waals surface area contributed by atoms with Crippen LogP contribution in [0.2, 0.25) is 0 Å². The summed E-state index contributed by atoms with van der Waals surface area (Å²) in [6, 6.07) is 17.9. The number of ether oxygens (including phenoxy) is 1. The monoisotopic (exact) mass is 427 g/mol. The molecule has 162 valence electrons. The third-order valence-corrected chi connectivity index (χ3v) is 5.17. The summed E-state index contributed by atoms with van der Waals surface area (Å²) in [6.07, 6.45) is 5.74. The predicted octanol–water partition coefficient (Wildman–Crippen LogP) is 4.65. The van der Waals surface area contributed by atoms with Crippen molar-refractivity contribution in [3.8, 4) is 11.1 Å². The lowest BCUT2D eigenvalue weighted by Crippen LogP contribution is -2.27. The van der Waals surface area contributed by atoms with Crippen LogP contribution in [0.3, 0.4) is 0 Å². The van der Waals surface area contributed by atoms with Crippen molar-refractivity contribution in [2.75, 3.05) is 19.0 Å². The van der Waals surface area contributed by atoms with Crippen LogP contribution < -0.4 is 10.6 Å². The van der Waals surface area contributed by atoms with E-state index in [2.05, 4.69) is 31.7 Å². The first-order chi connectivity index (χ1) is 15.6. The molecular weight excluding hydrogens is 402 g/mol. The predicted molar refractivity (Wildman–Crippen MR) is 126 cm³/mol. The van der Waals surface area contributed by atoms with E-state index in [1.54, 1.807) is 19.5 Å². The number of fused-ring (bicyclic) bond motifs is 1. The Hall–Kier alpha value is -3.84. The van der Waals surface area contributed by atoms with E-state index in [-0.39, 0.29) is 11.9 Å². The minimum atomic E-state index is -0.0834. The average Bonchev–Trinajstić information content (AvgIpc) is 2.83. The van der Waals surface area contributed by atoms with Gasteiger partial charge >= 0.3 is 0 Å². The van der Waals surface area contributed by atoms with Gasteiger partial charge in [-0.2, -0.15) is 0 Å². The summed E-state index contributed by atoms with van der Waals surface area (Å²) < 4.78 is 4.94. The van der Waals surface area contributed by atoms with Crippen LogP contribution in [0.1, 0.15) is 24.9 Å². The molecule has 0 saturated carbocycles. The summed E-state index contributed by atoms with van der Waals surface area (Å²) >= 11 is 0. The Balaban J connectivity index is 1.43. The first-order valence-electron chi connectivity index (χ1n) is 10.4. The van der Waals surface area contributed by atoms with E-state index in [0.29, 0.717) is 19.0 Å². The van der Waals surface area contributed by atoms with E-state index >= 15 is 0 Å². The lowest BCUT2D eigenvalue weighted by atomic mass is 10.1. The van der Waals surface area contributed by atoms with Gasteiger partial charge in [0.15, 0.2) is 0 Å². The summed E-state index contributed by atoms with van der Waals surface area (Å²) in [7, 11) is 1.58. The SMILES string of the molecule is COCCC(=O)N[C@@H](C)c1ccc(Nc2ncc3cc(-c4ccncc4)ccc3n2)cc1. The Morgan fingerprint density at radius 3 is 2.56 bits per heavy atom. The normalized spacial score (nSPS) is 11.8. The number of carbonyl (C=O) groups is 1. The Bertz CT molecular complexity index is 1200. The summed E-state index contributed by atoms with van der Waals surface area (Å²) in [5.41, 5.74) is 4.96. The molecule has 0 aliphatic heterocycles. The fraction of sp³-hybridized carbons (Fsp3) is 0.200. The van der Waals surface area contributed by atoms with E-state index in [0.717, 1.165) is 33.3 Å². The third kappa shape index (κ3) is 5.25. The highest BCUT2D eigenvalue weighted by atomic mass is 16.5. The largest absolute Gasteiger partial charge is 0.384 e. The molecule has 0 fully saturated rings. The number of aromatic nitrogens is 3. The maximum atomic E-state index is 11.9. The number of hydrogen-bond donors (Lipinski definition) is 2. The first-order valence-corrected chi connectivity index (χ1v) is 10.4. The van der Waals surface area contributed by atoms with Gasteiger partial charge in [0.05, 0.1) is 18.2 Å². The molecule has 32 heavy (non-hydrogen) atoms. The molecule has 2 heterocycles. The molecule has 7 nitrogen and oxygen atoms in total. The number of rotatable bonds is 8.